The second-order valence-corrected chi connectivity index (χ2v) is 3.62. The highest BCUT2D eigenvalue weighted by Gasteiger charge is 2.28. The normalized spacial score (nSPS) is 23.9. The smallest absolute Gasteiger partial charge is 0.189 e. The van der Waals surface area contributed by atoms with Gasteiger partial charge in [-0.1, -0.05) is 11.6 Å². The number of nitrogens with zero attached hydrogens (tertiary/aromatic N) is 1. The van der Waals surface area contributed by atoms with Crippen LogP contribution in [0.3, 0.4) is 0 Å². The lowest BCUT2D eigenvalue weighted by Crippen LogP contribution is -2.14. The van der Waals surface area contributed by atoms with E-state index in [1.807, 2.05) is 12.2 Å². The first-order valence-corrected chi connectivity index (χ1v) is 5.00. The molecule has 1 unspecified atom stereocenters. The zero-order valence-corrected chi connectivity index (χ0v) is 8.53. The van der Waals surface area contributed by atoms with E-state index in [1.54, 1.807) is 0 Å². The molecule has 0 bridgehead atoms. The molecule has 15 heavy (non-hydrogen) atoms. The fourth-order valence-corrected chi connectivity index (χ4v) is 1.93. The molecule has 0 aromatic rings. The summed E-state index contributed by atoms with van der Waals surface area (Å²) in [7, 11) is 0. The van der Waals surface area contributed by atoms with Crippen LogP contribution in [0, 0.1) is 11.3 Å². The highest BCUT2D eigenvalue weighted by Crippen LogP contribution is 2.33. The van der Waals surface area contributed by atoms with E-state index in [0.717, 1.165) is 24.2 Å². The lowest BCUT2D eigenvalue weighted by molar-refractivity contribution is 0.0500. The first kappa shape index (κ1) is 10.0. The van der Waals surface area contributed by atoms with Gasteiger partial charge in [-0.05, 0) is 18.1 Å². The average molecular weight is 203 g/mol. The van der Waals surface area contributed by atoms with Gasteiger partial charge in [0, 0.05) is 6.42 Å². The Balaban J connectivity index is 2.25. The van der Waals surface area contributed by atoms with E-state index in [1.165, 1.54) is 5.57 Å². The highest BCUT2D eigenvalue weighted by atomic mass is 16.7. The van der Waals surface area contributed by atoms with Crippen molar-refractivity contribution in [2.45, 2.75) is 25.4 Å². The fourth-order valence-electron chi connectivity index (χ4n) is 1.93. The third-order valence-electron chi connectivity index (χ3n) is 2.67. The zero-order valence-electron chi connectivity index (χ0n) is 8.53. The molecule has 0 radical (unpaired) electrons. The molecule has 1 aliphatic carbocycles. The second-order valence-electron chi connectivity index (χ2n) is 3.62. The summed E-state index contributed by atoms with van der Waals surface area (Å²) in [5.41, 5.74) is 2.31. The summed E-state index contributed by atoms with van der Waals surface area (Å²) in [4.78, 5) is 0. The van der Waals surface area contributed by atoms with Crippen molar-refractivity contribution in [1.82, 2.24) is 0 Å². The molecule has 3 nitrogen and oxygen atoms in total. The minimum absolute atomic E-state index is 0.0578. The SMILES string of the molecule is C=CCC1=C(CC#N)C=C2OCOC2C1. The predicted octanol–water partition coefficient (Wildman–Crippen LogP) is 2.43. The third kappa shape index (κ3) is 1.95. The first-order valence-electron chi connectivity index (χ1n) is 5.00. The maximum atomic E-state index is 8.73. The molecule has 1 fully saturated rings. The Morgan fingerprint density at radius 3 is 3.27 bits per heavy atom. The molecule has 1 heterocycles. The molecule has 3 heteroatoms. The number of nitriles is 1. The summed E-state index contributed by atoms with van der Waals surface area (Å²) < 4.78 is 10.7. The van der Waals surface area contributed by atoms with Crippen LogP contribution >= 0.6 is 0 Å². The van der Waals surface area contributed by atoms with Crippen molar-refractivity contribution in [3.8, 4) is 6.07 Å². The predicted molar refractivity (Wildman–Crippen MR) is 55.6 cm³/mol. The third-order valence-corrected chi connectivity index (χ3v) is 2.67. The van der Waals surface area contributed by atoms with Crippen molar-refractivity contribution < 1.29 is 9.47 Å². The highest BCUT2D eigenvalue weighted by molar-refractivity contribution is 5.37. The van der Waals surface area contributed by atoms with Crippen LogP contribution in [0.15, 0.2) is 35.6 Å². The molecule has 0 N–H and O–H groups in total. The molecule has 0 amide bonds. The molecule has 2 rings (SSSR count). The van der Waals surface area contributed by atoms with Gasteiger partial charge < -0.3 is 9.47 Å². The molecule has 1 saturated heterocycles. The molecule has 0 spiro atoms. The maximum absolute atomic E-state index is 8.73. The summed E-state index contributed by atoms with van der Waals surface area (Å²) in [6.07, 6.45) is 5.95. The van der Waals surface area contributed by atoms with Crippen LogP contribution in [0.5, 0.6) is 0 Å². The average Bonchev–Trinajstić information content (AvgIpc) is 2.66. The number of allylic oxidation sites excluding steroid dienone is 3. The lowest BCUT2D eigenvalue weighted by Gasteiger charge is -2.19. The summed E-state index contributed by atoms with van der Waals surface area (Å²) in [6, 6.07) is 2.17. The summed E-state index contributed by atoms with van der Waals surface area (Å²) in [5.74, 6) is 0.869. The van der Waals surface area contributed by atoms with Crippen molar-refractivity contribution in [3.63, 3.8) is 0 Å². The molecule has 0 aromatic carbocycles. The summed E-state index contributed by atoms with van der Waals surface area (Å²) in [5, 5.41) is 8.73. The molecule has 1 aliphatic heterocycles. The van der Waals surface area contributed by atoms with Gasteiger partial charge in [-0.25, -0.2) is 0 Å². The van der Waals surface area contributed by atoms with Gasteiger partial charge >= 0.3 is 0 Å². The Bertz CT molecular complexity index is 374. The van der Waals surface area contributed by atoms with E-state index in [0.29, 0.717) is 13.2 Å². The van der Waals surface area contributed by atoms with Crippen LogP contribution in [-0.4, -0.2) is 12.9 Å². The van der Waals surface area contributed by atoms with E-state index in [4.69, 9.17) is 14.7 Å². The Morgan fingerprint density at radius 2 is 2.53 bits per heavy atom. The van der Waals surface area contributed by atoms with E-state index in [9.17, 15) is 0 Å². The Hall–Kier alpha value is -1.53. The van der Waals surface area contributed by atoms with Crippen molar-refractivity contribution in [2.75, 3.05) is 6.79 Å². The van der Waals surface area contributed by atoms with Crippen molar-refractivity contribution in [1.29, 1.82) is 5.26 Å². The lowest BCUT2D eigenvalue weighted by atomic mass is 9.91. The van der Waals surface area contributed by atoms with Crippen LogP contribution in [0.1, 0.15) is 19.3 Å². The van der Waals surface area contributed by atoms with Crippen LogP contribution in [0.2, 0.25) is 0 Å². The molecule has 1 atom stereocenters. The molecular formula is C12H13NO2. The van der Waals surface area contributed by atoms with Gasteiger partial charge in [-0.3, -0.25) is 0 Å². The topological polar surface area (TPSA) is 42.2 Å². The Labute approximate surface area is 89.3 Å². The zero-order chi connectivity index (χ0) is 10.7. The van der Waals surface area contributed by atoms with E-state index in [2.05, 4.69) is 12.6 Å². The minimum Gasteiger partial charge on any atom is -0.469 e. The number of ether oxygens (including phenoxy) is 2. The largest absolute Gasteiger partial charge is 0.469 e. The number of rotatable bonds is 3. The van der Waals surface area contributed by atoms with Crippen LogP contribution in [0.25, 0.3) is 0 Å². The summed E-state index contributed by atoms with van der Waals surface area (Å²) in [6.45, 7) is 4.06. The van der Waals surface area contributed by atoms with Gasteiger partial charge in [-0.15, -0.1) is 6.58 Å². The molecule has 0 aromatic heterocycles. The van der Waals surface area contributed by atoms with Crippen LogP contribution in [-0.2, 0) is 9.47 Å². The maximum Gasteiger partial charge on any atom is 0.189 e. The van der Waals surface area contributed by atoms with Gasteiger partial charge in [0.2, 0.25) is 0 Å². The fraction of sp³-hybridized carbons (Fsp3) is 0.417. The minimum atomic E-state index is 0.0578. The van der Waals surface area contributed by atoms with Gasteiger partial charge in [0.05, 0.1) is 12.5 Å². The molecule has 2 aliphatic rings. The number of hydrogen-bond donors (Lipinski definition) is 0. The van der Waals surface area contributed by atoms with E-state index >= 15 is 0 Å². The molecule has 0 saturated carbocycles. The number of hydrogen-bond acceptors (Lipinski definition) is 3. The van der Waals surface area contributed by atoms with Crippen molar-refractivity contribution >= 4 is 0 Å². The van der Waals surface area contributed by atoms with Crippen molar-refractivity contribution in [3.05, 3.63) is 35.6 Å². The first-order chi connectivity index (χ1) is 7.35. The Morgan fingerprint density at radius 1 is 1.67 bits per heavy atom. The van der Waals surface area contributed by atoms with Gasteiger partial charge in [0.15, 0.2) is 6.79 Å². The second kappa shape index (κ2) is 4.33. The van der Waals surface area contributed by atoms with Crippen molar-refractivity contribution in [2.24, 2.45) is 0 Å². The molecular weight excluding hydrogens is 190 g/mol. The Kier molecular flexibility index (Phi) is 2.89. The van der Waals surface area contributed by atoms with Gasteiger partial charge in [0.1, 0.15) is 11.9 Å². The number of fused-ring (bicyclic) bond motifs is 1. The monoisotopic (exact) mass is 203 g/mol. The summed E-state index contributed by atoms with van der Waals surface area (Å²) >= 11 is 0. The van der Waals surface area contributed by atoms with E-state index in [-0.39, 0.29) is 6.10 Å². The van der Waals surface area contributed by atoms with E-state index < -0.39 is 0 Å². The van der Waals surface area contributed by atoms with Crippen LogP contribution in [0.4, 0.5) is 0 Å². The van der Waals surface area contributed by atoms with Gasteiger partial charge in [-0.2, -0.15) is 5.26 Å². The van der Waals surface area contributed by atoms with Gasteiger partial charge in [0.25, 0.3) is 0 Å². The molecule has 78 valence electrons. The standard InChI is InChI=1S/C12H13NO2/c1-2-3-9-6-11-12(15-8-14-11)7-10(9)4-5-13/h2,7,11H,1,3-4,6,8H2. The van der Waals surface area contributed by atoms with Crippen LogP contribution < -0.4 is 0 Å². The quantitative estimate of drug-likeness (QED) is 0.661.